The highest BCUT2D eigenvalue weighted by atomic mass is 35.5. The topological polar surface area (TPSA) is 129 Å². The molecule has 10 nitrogen and oxygen atoms in total. The van der Waals surface area contributed by atoms with E-state index < -0.39 is 59.1 Å². The lowest BCUT2D eigenvalue weighted by atomic mass is 9.71. The number of likely N-dealkylation sites (tertiary alicyclic amines) is 1. The Kier molecular flexibility index (Phi) is 8.61. The number of allylic oxidation sites excluding steroid dienone is 2. The third-order valence-corrected chi connectivity index (χ3v) is 8.77. The molecule has 1 aromatic rings. The number of carbonyl (C=O) groups is 3. The molecule has 3 aliphatic rings. The van der Waals surface area contributed by atoms with Gasteiger partial charge < -0.3 is 26.0 Å². The molecule has 4 heterocycles. The Morgan fingerprint density at radius 2 is 2.05 bits per heavy atom. The second-order valence-corrected chi connectivity index (χ2v) is 12.2. The van der Waals surface area contributed by atoms with Crippen LogP contribution in [0.1, 0.15) is 38.2 Å². The molecule has 5 atom stereocenters. The molecule has 1 saturated heterocycles. The van der Waals surface area contributed by atoms with Gasteiger partial charge in [-0.1, -0.05) is 23.8 Å². The number of nitrogens with zero attached hydrogens (tertiary/aromatic N) is 3. The van der Waals surface area contributed by atoms with Crippen molar-refractivity contribution in [3.8, 4) is 0 Å². The summed E-state index contributed by atoms with van der Waals surface area (Å²) in [5.74, 6) is -2.09. The van der Waals surface area contributed by atoms with E-state index in [1.54, 1.807) is 35.9 Å². The molecule has 1 aromatic heterocycles. The van der Waals surface area contributed by atoms with Crippen LogP contribution in [-0.2, 0) is 19.1 Å². The van der Waals surface area contributed by atoms with E-state index in [0.717, 1.165) is 6.92 Å². The zero-order valence-electron chi connectivity index (χ0n) is 22.9. The molecule has 0 spiro atoms. The van der Waals surface area contributed by atoms with Crippen molar-refractivity contribution in [2.75, 3.05) is 20.2 Å². The molecule has 0 aliphatic carbocycles. The summed E-state index contributed by atoms with van der Waals surface area (Å²) in [4.78, 5) is 43.0. The molecule has 4 N–H and O–H groups in total. The summed E-state index contributed by atoms with van der Waals surface area (Å²) in [7, 11) is 1.38. The molecule has 224 valence electrons. The number of rotatable bonds is 8. The lowest BCUT2D eigenvalue weighted by molar-refractivity contribution is -0.187. The Bertz CT molecular complexity index is 1290. The van der Waals surface area contributed by atoms with Crippen molar-refractivity contribution in [2.24, 2.45) is 16.3 Å². The van der Waals surface area contributed by atoms with Gasteiger partial charge in [-0.2, -0.15) is 18.3 Å². The second kappa shape index (κ2) is 11.4. The van der Waals surface area contributed by atoms with Gasteiger partial charge in [-0.25, -0.2) is 5.01 Å². The van der Waals surface area contributed by atoms with Crippen molar-refractivity contribution in [2.45, 2.75) is 63.1 Å². The van der Waals surface area contributed by atoms with Gasteiger partial charge in [0.25, 0.3) is 5.91 Å². The summed E-state index contributed by atoms with van der Waals surface area (Å²) in [5.41, 5.74) is 3.30. The average molecular weight is 617 g/mol. The number of hydrogen-bond acceptors (Lipinski definition) is 8. The van der Waals surface area contributed by atoms with Crippen LogP contribution in [0.4, 0.5) is 13.2 Å². The van der Waals surface area contributed by atoms with Crippen LogP contribution < -0.4 is 16.4 Å². The van der Waals surface area contributed by atoms with Gasteiger partial charge in [-0.15, -0.1) is 11.3 Å². The van der Waals surface area contributed by atoms with E-state index in [4.69, 9.17) is 22.1 Å². The third kappa shape index (κ3) is 5.87. The molecule has 3 unspecified atom stereocenters. The molecule has 0 radical (unpaired) electrons. The highest BCUT2D eigenvalue weighted by Crippen LogP contribution is 2.43. The van der Waals surface area contributed by atoms with Crippen molar-refractivity contribution in [1.29, 1.82) is 0 Å². The Hall–Kier alpha value is -2.94. The second-order valence-electron chi connectivity index (χ2n) is 10.8. The molecule has 41 heavy (non-hydrogen) atoms. The maximum atomic E-state index is 14.2. The van der Waals surface area contributed by atoms with Crippen molar-refractivity contribution < 1.29 is 32.3 Å². The number of amides is 3. The fourth-order valence-corrected chi connectivity index (χ4v) is 6.28. The van der Waals surface area contributed by atoms with Crippen molar-refractivity contribution in [3.63, 3.8) is 0 Å². The van der Waals surface area contributed by atoms with Gasteiger partial charge in [0.2, 0.25) is 11.8 Å². The van der Waals surface area contributed by atoms with Crippen LogP contribution in [0.5, 0.6) is 0 Å². The molecule has 0 saturated carbocycles. The smallest absolute Gasteiger partial charge is 0.383 e. The first kappa shape index (κ1) is 31.0. The lowest BCUT2D eigenvalue weighted by Gasteiger charge is -2.45. The van der Waals surface area contributed by atoms with Crippen LogP contribution in [-0.4, -0.2) is 83.4 Å². The number of nitrogens with one attached hydrogen (secondary N) is 2. The molecular formula is C26H32ClF3N6O4S. The molecule has 15 heteroatoms. The predicted octanol–water partition coefficient (Wildman–Crippen LogP) is 2.72. The molecule has 3 aliphatic heterocycles. The minimum Gasteiger partial charge on any atom is -0.383 e. The van der Waals surface area contributed by atoms with Crippen LogP contribution >= 0.6 is 22.9 Å². The minimum atomic E-state index is -4.71. The highest BCUT2D eigenvalue weighted by molar-refractivity contribution is 7.10. The van der Waals surface area contributed by atoms with E-state index in [1.807, 2.05) is 0 Å². The zero-order chi connectivity index (χ0) is 30.3. The largest absolute Gasteiger partial charge is 0.410 e. The number of hydrazone groups is 1. The molecular weight excluding hydrogens is 585 g/mol. The highest BCUT2D eigenvalue weighted by Gasteiger charge is 2.61. The van der Waals surface area contributed by atoms with Gasteiger partial charge >= 0.3 is 6.18 Å². The first-order valence-corrected chi connectivity index (χ1v) is 14.1. The Morgan fingerprint density at radius 3 is 2.59 bits per heavy atom. The number of ether oxygens (including phenoxy) is 1. The number of alkyl halides is 3. The number of piperidine rings is 1. The van der Waals surface area contributed by atoms with E-state index in [9.17, 15) is 27.6 Å². The molecule has 0 aromatic carbocycles. The van der Waals surface area contributed by atoms with E-state index in [-0.39, 0.29) is 25.2 Å². The number of nitrogens with two attached hydrogens (primary N) is 1. The van der Waals surface area contributed by atoms with Crippen LogP contribution in [0.15, 0.2) is 41.0 Å². The van der Waals surface area contributed by atoms with E-state index in [2.05, 4.69) is 15.7 Å². The summed E-state index contributed by atoms with van der Waals surface area (Å²) in [6.07, 6.45) is 0.956. The number of carbonyl (C=O) groups excluding carboxylic acids is 3. The monoisotopic (exact) mass is 616 g/mol. The average Bonchev–Trinajstić information content (AvgIpc) is 3.47. The first-order chi connectivity index (χ1) is 19.1. The van der Waals surface area contributed by atoms with Crippen LogP contribution in [0.25, 0.3) is 0 Å². The van der Waals surface area contributed by atoms with Gasteiger partial charge in [-0.3, -0.25) is 14.4 Å². The summed E-state index contributed by atoms with van der Waals surface area (Å²) in [6.45, 7) is 3.60. The van der Waals surface area contributed by atoms with Crippen LogP contribution in [0.3, 0.4) is 0 Å². The van der Waals surface area contributed by atoms with Gasteiger partial charge in [0.05, 0.1) is 22.3 Å². The predicted molar refractivity (Wildman–Crippen MR) is 148 cm³/mol. The minimum absolute atomic E-state index is 0.0415. The standard InChI is InChI=1S/C26H32ClF3N6O4S/c1-14(26(28,29)30)36-23(39)25(17-7-5-6-9-32-17)13-35(10-8-18(25)34-36)21(37)19(33-22(38)24(2,3)31)20(40-4)16-11-15(27)12-41-16/h5-7,9,11-12,14,17,19-20,32H,8,10,13,31H2,1-4H3,(H,33,38)/t14-,17+,19?,20?,25?/m1/s1. The number of halogens is 4. The first-order valence-electron chi connectivity index (χ1n) is 12.8. The maximum absolute atomic E-state index is 14.2. The zero-order valence-corrected chi connectivity index (χ0v) is 24.4. The summed E-state index contributed by atoms with van der Waals surface area (Å²) in [5, 5.41) is 12.4. The van der Waals surface area contributed by atoms with Gasteiger partial charge in [0.15, 0.2) is 0 Å². The van der Waals surface area contributed by atoms with Gasteiger partial charge in [-0.05, 0) is 39.1 Å². The summed E-state index contributed by atoms with van der Waals surface area (Å²) >= 11 is 7.35. The molecule has 4 rings (SSSR count). The molecule has 1 fully saturated rings. The third-order valence-electron chi connectivity index (χ3n) is 7.42. The number of hydrogen-bond donors (Lipinski definition) is 3. The molecule has 3 amide bonds. The Labute approximate surface area is 244 Å². The van der Waals surface area contributed by atoms with E-state index >= 15 is 0 Å². The quantitative estimate of drug-likeness (QED) is 0.412. The van der Waals surface area contributed by atoms with Crippen molar-refractivity contribution >= 4 is 46.4 Å². The Morgan fingerprint density at radius 1 is 1.34 bits per heavy atom. The van der Waals surface area contributed by atoms with Crippen LogP contribution in [0, 0.1) is 5.41 Å². The van der Waals surface area contributed by atoms with Crippen molar-refractivity contribution in [1.82, 2.24) is 20.5 Å². The SMILES string of the molecule is COC(c1cc(Cl)cs1)C(NC(=O)C(C)(C)N)C(=O)N1CCC2=NN([C@H](C)C(F)(F)F)C(=O)C2([C@@H]2C=CC=CN2)C1. The molecule has 0 bridgehead atoms. The summed E-state index contributed by atoms with van der Waals surface area (Å²) < 4.78 is 46.8. The summed E-state index contributed by atoms with van der Waals surface area (Å²) in [6, 6.07) is -2.61. The lowest BCUT2D eigenvalue weighted by Crippen LogP contribution is -2.65. The maximum Gasteiger partial charge on any atom is 0.410 e. The van der Waals surface area contributed by atoms with Crippen molar-refractivity contribution in [3.05, 3.63) is 45.8 Å². The normalized spacial score (nSPS) is 24.9. The van der Waals surface area contributed by atoms with Gasteiger partial charge in [0.1, 0.15) is 23.6 Å². The fourth-order valence-electron chi connectivity index (χ4n) is 5.08. The van der Waals surface area contributed by atoms with E-state index in [0.29, 0.717) is 14.9 Å². The number of dihydropyridines is 1. The van der Waals surface area contributed by atoms with E-state index in [1.165, 1.54) is 37.2 Å². The van der Waals surface area contributed by atoms with Crippen LogP contribution in [0.2, 0.25) is 5.02 Å². The Balaban J connectivity index is 1.73. The van der Waals surface area contributed by atoms with Gasteiger partial charge in [0, 0.05) is 36.9 Å². The number of fused-ring (bicyclic) bond motifs is 1. The fraction of sp³-hybridized carbons (Fsp3) is 0.538. The number of thiophene rings is 1. The number of methoxy groups -OCH3 is 1.